The molecule has 2 aromatic rings. The van der Waals surface area contributed by atoms with Crippen LogP contribution in [0.1, 0.15) is 48.9 Å². The van der Waals surface area contributed by atoms with Crippen LogP contribution in [0.25, 0.3) is 0 Å². The largest absolute Gasteiger partial charge is 0.352 e. The molecule has 6 nitrogen and oxygen atoms in total. The van der Waals surface area contributed by atoms with E-state index in [1.165, 1.54) is 6.07 Å². The zero-order valence-corrected chi connectivity index (χ0v) is 14.5. The van der Waals surface area contributed by atoms with Crippen LogP contribution in [-0.2, 0) is 0 Å². The molecular formula is C18H20F2N6. The Labute approximate surface area is 150 Å². The monoisotopic (exact) mass is 358 g/mol. The Morgan fingerprint density at radius 2 is 1.85 bits per heavy atom. The van der Waals surface area contributed by atoms with Crippen LogP contribution >= 0.6 is 0 Å². The second-order valence-electron chi connectivity index (χ2n) is 7.40. The van der Waals surface area contributed by atoms with E-state index in [-0.39, 0.29) is 23.7 Å². The summed E-state index contributed by atoms with van der Waals surface area (Å²) >= 11 is 0. The number of piperazine rings is 1. The van der Waals surface area contributed by atoms with Gasteiger partial charge in [0.2, 0.25) is 0 Å². The molecule has 2 atom stereocenters. The highest BCUT2D eigenvalue weighted by Crippen LogP contribution is 2.42. The molecule has 0 N–H and O–H groups in total. The van der Waals surface area contributed by atoms with Crippen molar-refractivity contribution in [2.75, 3.05) is 22.9 Å². The summed E-state index contributed by atoms with van der Waals surface area (Å²) in [5, 5.41) is 0. The molecule has 5 heterocycles. The Bertz CT molecular complexity index is 808. The molecule has 2 unspecified atom stereocenters. The Balaban J connectivity index is 1.40. The number of piperidine rings is 1. The number of aromatic nitrogens is 4. The lowest BCUT2D eigenvalue weighted by Crippen LogP contribution is -2.69. The highest BCUT2D eigenvalue weighted by molar-refractivity contribution is 5.52. The average molecular weight is 358 g/mol. The molecule has 0 spiro atoms. The minimum atomic E-state index is -2.56. The Hall–Kier alpha value is -2.38. The Kier molecular flexibility index (Phi) is 3.55. The summed E-state index contributed by atoms with van der Waals surface area (Å²) < 4.78 is 26.6. The van der Waals surface area contributed by atoms with Gasteiger partial charge in [-0.1, -0.05) is 0 Å². The third-order valence-corrected chi connectivity index (χ3v) is 5.46. The zero-order chi connectivity index (χ0) is 17.8. The van der Waals surface area contributed by atoms with E-state index in [1.54, 1.807) is 6.20 Å². The van der Waals surface area contributed by atoms with Gasteiger partial charge in [-0.2, -0.15) is 0 Å². The molecule has 3 saturated heterocycles. The number of hydrogen-bond acceptors (Lipinski definition) is 6. The maximum atomic E-state index is 13.3. The van der Waals surface area contributed by atoms with E-state index in [1.807, 2.05) is 13.0 Å². The number of rotatable bonds is 4. The molecule has 6 rings (SSSR count). The molecule has 4 aliphatic rings. The number of halogens is 2. The zero-order valence-electron chi connectivity index (χ0n) is 14.5. The van der Waals surface area contributed by atoms with Gasteiger partial charge in [-0.05, 0) is 32.3 Å². The van der Waals surface area contributed by atoms with Gasteiger partial charge >= 0.3 is 0 Å². The molecule has 1 aliphatic carbocycles. The molecule has 0 amide bonds. The van der Waals surface area contributed by atoms with Crippen LogP contribution < -0.4 is 9.80 Å². The third-order valence-electron chi connectivity index (χ3n) is 5.46. The highest BCUT2D eigenvalue weighted by atomic mass is 19.3. The number of fused-ring (bicyclic) bond motifs is 2. The van der Waals surface area contributed by atoms with Gasteiger partial charge in [0.15, 0.2) is 0 Å². The molecule has 8 heteroatoms. The van der Waals surface area contributed by atoms with E-state index in [4.69, 9.17) is 0 Å². The molecule has 26 heavy (non-hydrogen) atoms. The smallest absolute Gasteiger partial charge is 0.280 e. The molecule has 3 aliphatic heterocycles. The molecule has 0 aromatic carbocycles. The summed E-state index contributed by atoms with van der Waals surface area (Å²) in [5.74, 6) is 3.20. The third kappa shape index (κ3) is 2.68. The first-order valence-electron chi connectivity index (χ1n) is 9.08. The minimum absolute atomic E-state index is 0.148. The molecule has 4 fully saturated rings. The van der Waals surface area contributed by atoms with E-state index in [0.29, 0.717) is 11.6 Å². The van der Waals surface area contributed by atoms with Crippen LogP contribution in [0.5, 0.6) is 0 Å². The maximum Gasteiger partial charge on any atom is 0.280 e. The first-order chi connectivity index (χ1) is 12.6. The summed E-state index contributed by atoms with van der Waals surface area (Å²) in [6.45, 7) is 3.52. The lowest BCUT2D eigenvalue weighted by atomic mass is 9.87. The van der Waals surface area contributed by atoms with Crippen LogP contribution in [0.4, 0.5) is 20.4 Å². The summed E-state index contributed by atoms with van der Waals surface area (Å²) in [6.07, 6.45) is 2.28. The fourth-order valence-corrected chi connectivity index (χ4v) is 4.03. The SMILES string of the molecule is Cc1nccc(N2CC3CC(C2)N3c2cc(C(F)F)nc(C3CC3)n2)n1. The minimum Gasteiger partial charge on any atom is -0.352 e. The van der Waals surface area contributed by atoms with Crippen molar-refractivity contribution in [3.05, 3.63) is 35.7 Å². The van der Waals surface area contributed by atoms with Gasteiger partial charge in [0, 0.05) is 31.3 Å². The van der Waals surface area contributed by atoms with E-state index in [9.17, 15) is 8.78 Å². The highest BCUT2D eigenvalue weighted by Gasteiger charge is 2.46. The van der Waals surface area contributed by atoms with Crippen molar-refractivity contribution in [1.29, 1.82) is 0 Å². The number of hydrogen-bond donors (Lipinski definition) is 0. The molecule has 1 saturated carbocycles. The van der Waals surface area contributed by atoms with E-state index < -0.39 is 6.43 Å². The fraction of sp³-hybridized carbons (Fsp3) is 0.556. The number of aryl methyl sites for hydroxylation is 1. The second-order valence-corrected chi connectivity index (χ2v) is 7.40. The lowest BCUT2D eigenvalue weighted by Gasteiger charge is -2.57. The predicted molar refractivity (Wildman–Crippen MR) is 92.6 cm³/mol. The van der Waals surface area contributed by atoms with Crippen LogP contribution in [0.3, 0.4) is 0 Å². The normalized spacial score (nSPS) is 24.8. The summed E-state index contributed by atoms with van der Waals surface area (Å²) in [7, 11) is 0. The summed E-state index contributed by atoms with van der Waals surface area (Å²) in [5.41, 5.74) is -0.148. The van der Waals surface area contributed by atoms with Gasteiger partial charge in [0.25, 0.3) is 6.43 Å². The number of nitrogens with zero attached hydrogens (tertiary/aromatic N) is 6. The van der Waals surface area contributed by atoms with E-state index in [2.05, 4.69) is 29.7 Å². The van der Waals surface area contributed by atoms with Gasteiger partial charge in [0.1, 0.15) is 29.0 Å². The molecule has 2 aromatic heterocycles. The van der Waals surface area contributed by atoms with Crippen molar-refractivity contribution in [3.63, 3.8) is 0 Å². The summed E-state index contributed by atoms with van der Waals surface area (Å²) in [4.78, 5) is 21.8. The first kappa shape index (κ1) is 15.8. The molecule has 0 radical (unpaired) electrons. The molecule has 2 bridgehead atoms. The van der Waals surface area contributed by atoms with Gasteiger partial charge in [-0.3, -0.25) is 0 Å². The number of anilines is 2. The molecular weight excluding hydrogens is 338 g/mol. The first-order valence-corrected chi connectivity index (χ1v) is 9.08. The van der Waals surface area contributed by atoms with Crippen molar-refractivity contribution in [2.24, 2.45) is 0 Å². The number of alkyl halides is 2. The average Bonchev–Trinajstić information content (AvgIpc) is 3.46. The van der Waals surface area contributed by atoms with Gasteiger partial charge in [-0.25, -0.2) is 28.7 Å². The van der Waals surface area contributed by atoms with Gasteiger partial charge in [0.05, 0.1) is 12.1 Å². The van der Waals surface area contributed by atoms with Crippen LogP contribution in [-0.4, -0.2) is 45.1 Å². The van der Waals surface area contributed by atoms with Crippen LogP contribution in [0, 0.1) is 6.92 Å². The van der Waals surface area contributed by atoms with Crippen molar-refractivity contribution in [3.8, 4) is 0 Å². The quantitative estimate of drug-likeness (QED) is 0.838. The van der Waals surface area contributed by atoms with Crippen molar-refractivity contribution in [2.45, 2.75) is 50.6 Å². The summed E-state index contributed by atoms with van der Waals surface area (Å²) in [6, 6.07) is 3.94. The van der Waals surface area contributed by atoms with E-state index in [0.717, 1.165) is 44.0 Å². The lowest BCUT2D eigenvalue weighted by molar-refractivity contribution is 0.145. The second kappa shape index (κ2) is 5.82. The molecule has 136 valence electrons. The van der Waals surface area contributed by atoms with Gasteiger partial charge in [-0.15, -0.1) is 0 Å². The van der Waals surface area contributed by atoms with E-state index >= 15 is 0 Å². The fourth-order valence-electron chi connectivity index (χ4n) is 4.03. The van der Waals surface area contributed by atoms with Crippen molar-refractivity contribution >= 4 is 11.6 Å². The van der Waals surface area contributed by atoms with Crippen LogP contribution in [0.15, 0.2) is 18.3 Å². The maximum absolute atomic E-state index is 13.3. The van der Waals surface area contributed by atoms with Crippen LogP contribution in [0.2, 0.25) is 0 Å². The van der Waals surface area contributed by atoms with Crippen molar-refractivity contribution < 1.29 is 8.78 Å². The van der Waals surface area contributed by atoms with Crippen molar-refractivity contribution in [1.82, 2.24) is 19.9 Å². The Morgan fingerprint density at radius 3 is 2.50 bits per heavy atom. The Morgan fingerprint density at radius 1 is 1.08 bits per heavy atom. The standard InChI is InChI=1S/C18H20F2N6/c1-10-21-5-4-15(22-10)25-8-12-6-13(9-25)26(12)16-7-14(17(19)20)23-18(24-16)11-2-3-11/h4-5,7,11-13,17H,2-3,6,8-9H2,1H3. The van der Waals surface area contributed by atoms with Gasteiger partial charge < -0.3 is 9.80 Å². The topological polar surface area (TPSA) is 58.0 Å². The predicted octanol–water partition coefficient (Wildman–Crippen LogP) is 2.86.